The molecule has 1 rings (SSSR count). The van der Waals surface area contributed by atoms with Crippen LogP contribution in [-0.2, 0) is 0 Å². The van der Waals surface area contributed by atoms with E-state index in [9.17, 15) is 0 Å². The largest absolute Gasteiger partial charge is 0.496 e. The van der Waals surface area contributed by atoms with Crippen molar-refractivity contribution in [2.75, 3.05) is 32.7 Å². The van der Waals surface area contributed by atoms with Gasteiger partial charge in [0.15, 0.2) is 0 Å². The first-order valence-corrected chi connectivity index (χ1v) is 8.53. The van der Waals surface area contributed by atoms with Gasteiger partial charge < -0.3 is 10.5 Å². The van der Waals surface area contributed by atoms with Crippen LogP contribution in [0.4, 0.5) is 0 Å². The Bertz CT molecular complexity index is 411. The van der Waals surface area contributed by atoms with Crippen LogP contribution in [0.5, 0.6) is 5.75 Å². The monoisotopic (exact) mass is 296 g/mol. The van der Waals surface area contributed by atoms with Crippen LogP contribution in [0.3, 0.4) is 0 Å². The highest BCUT2D eigenvalue weighted by Gasteiger charge is 2.22. The molecular weight excluding hydrogens is 268 g/mol. The van der Waals surface area contributed by atoms with Crippen LogP contribution in [-0.4, -0.2) is 43.7 Å². The van der Waals surface area contributed by atoms with Crippen LogP contribution in [0.25, 0.3) is 0 Å². The number of methoxy groups -OCH3 is 1. The van der Waals surface area contributed by atoms with Crippen LogP contribution in [0.1, 0.15) is 30.5 Å². The number of likely N-dealkylation sites (N-methyl/N-ethyl adjacent to an activating group) is 1. The van der Waals surface area contributed by atoms with E-state index in [1.54, 1.807) is 7.11 Å². The minimum Gasteiger partial charge on any atom is -0.496 e. The molecule has 1 aromatic rings. The van der Waals surface area contributed by atoms with Gasteiger partial charge >= 0.3 is 0 Å². The number of benzene rings is 1. The Morgan fingerprint density at radius 3 is 2.55 bits per heavy atom. The molecule has 1 aromatic carbocycles. The molecule has 0 aromatic heterocycles. The van der Waals surface area contributed by atoms with E-state index >= 15 is 0 Å². The predicted molar refractivity (Wildman–Crippen MR) is 89.8 cm³/mol. The topological polar surface area (TPSA) is 38.5 Å². The molecule has 0 spiro atoms. The van der Waals surface area contributed by atoms with Crippen molar-refractivity contribution in [1.29, 1.82) is 0 Å². The molecule has 2 unspecified atom stereocenters. The van der Waals surface area contributed by atoms with Gasteiger partial charge in [0.2, 0.25) is 0 Å². The molecule has 0 fully saturated rings. The Labute approximate surface area is 127 Å². The first-order chi connectivity index (χ1) is 9.58. The molecule has 0 bridgehead atoms. The van der Waals surface area contributed by atoms with Gasteiger partial charge in [-0.15, -0.1) is 0 Å². The van der Waals surface area contributed by atoms with E-state index in [4.69, 9.17) is 10.5 Å². The highest BCUT2D eigenvalue weighted by Crippen LogP contribution is 2.27. The highest BCUT2D eigenvalue weighted by molar-refractivity contribution is 7.98. The summed E-state index contributed by atoms with van der Waals surface area (Å²) in [5.74, 6) is 2.07. The molecule has 20 heavy (non-hydrogen) atoms. The Kier molecular flexibility index (Phi) is 7.41. The normalized spacial score (nSPS) is 14.3. The van der Waals surface area contributed by atoms with Crippen molar-refractivity contribution < 1.29 is 4.74 Å². The fourth-order valence-corrected chi connectivity index (χ4v) is 3.47. The number of ether oxygens (including phenoxy) is 1. The second-order valence-corrected chi connectivity index (χ2v) is 6.07. The van der Waals surface area contributed by atoms with Gasteiger partial charge in [-0.1, -0.05) is 19.1 Å². The molecule has 0 aliphatic heterocycles. The Hall–Kier alpha value is -0.710. The lowest BCUT2D eigenvalue weighted by Crippen LogP contribution is -2.39. The van der Waals surface area contributed by atoms with E-state index in [1.807, 2.05) is 17.8 Å². The molecule has 0 aliphatic rings. The lowest BCUT2D eigenvalue weighted by molar-refractivity contribution is 0.188. The van der Waals surface area contributed by atoms with Crippen LogP contribution < -0.4 is 10.5 Å². The summed E-state index contributed by atoms with van der Waals surface area (Å²) in [4.78, 5) is 2.41. The van der Waals surface area contributed by atoms with Crippen LogP contribution in [0.15, 0.2) is 18.2 Å². The second-order valence-electron chi connectivity index (χ2n) is 5.16. The zero-order chi connectivity index (χ0) is 15.1. The molecule has 4 heteroatoms. The zero-order valence-corrected chi connectivity index (χ0v) is 14.2. The van der Waals surface area contributed by atoms with Gasteiger partial charge in [-0.3, -0.25) is 4.90 Å². The molecule has 0 aliphatic carbocycles. The summed E-state index contributed by atoms with van der Waals surface area (Å²) in [7, 11) is 3.89. The smallest absolute Gasteiger partial charge is 0.121 e. The summed E-state index contributed by atoms with van der Waals surface area (Å²) >= 11 is 1.89. The lowest BCUT2D eigenvalue weighted by atomic mass is 10.0. The Balaban J connectivity index is 2.97. The lowest BCUT2D eigenvalue weighted by Gasteiger charge is -2.34. The predicted octanol–water partition coefficient (Wildman–Crippen LogP) is 3.08. The Morgan fingerprint density at radius 1 is 1.40 bits per heavy atom. The van der Waals surface area contributed by atoms with Crippen LogP contribution >= 0.6 is 11.8 Å². The standard InChI is InChI=1S/C16H28N2OS/c1-6-14(11-20-5)18(3)15(10-17)13-7-8-16(19-4)12(2)9-13/h7-9,14-15H,6,10-11,17H2,1-5H3. The van der Waals surface area contributed by atoms with Gasteiger partial charge in [0.05, 0.1) is 7.11 Å². The minimum absolute atomic E-state index is 0.261. The van der Waals surface area contributed by atoms with Crippen LogP contribution in [0, 0.1) is 6.92 Å². The summed E-state index contributed by atoms with van der Waals surface area (Å²) in [6.07, 6.45) is 3.30. The average molecular weight is 296 g/mol. The average Bonchev–Trinajstić information content (AvgIpc) is 2.45. The van der Waals surface area contributed by atoms with E-state index < -0.39 is 0 Å². The van der Waals surface area contributed by atoms with E-state index in [0.717, 1.165) is 23.5 Å². The van der Waals surface area contributed by atoms with Crippen molar-refractivity contribution in [1.82, 2.24) is 4.90 Å². The SMILES string of the molecule is CCC(CSC)N(C)C(CN)c1ccc(OC)c(C)c1. The third kappa shape index (κ3) is 4.14. The first kappa shape index (κ1) is 17.3. The fraction of sp³-hybridized carbons (Fsp3) is 0.625. The molecule has 0 saturated heterocycles. The maximum absolute atomic E-state index is 6.04. The summed E-state index contributed by atoms with van der Waals surface area (Å²) in [6.45, 7) is 4.95. The maximum atomic E-state index is 6.04. The number of aryl methyl sites for hydroxylation is 1. The summed E-state index contributed by atoms with van der Waals surface area (Å²) in [5, 5.41) is 0. The number of nitrogens with zero attached hydrogens (tertiary/aromatic N) is 1. The fourth-order valence-electron chi connectivity index (χ4n) is 2.62. The number of thioether (sulfide) groups is 1. The number of rotatable bonds is 8. The second kappa shape index (κ2) is 8.55. The van der Waals surface area contributed by atoms with Crippen molar-refractivity contribution in [3.05, 3.63) is 29.3 Å². The van der Waals surface area contributed by atoms with Crippen molar-refractivity contribution >= 4 is 11.8 Å². The first-order valence-electron chi connectivity index (χ1n) is 7.14. The van der Waals surface area contributed by atoms with E-state index in [0.29, 0.717) is 12.6 Å². The number of nitrogens with two attached hydrogens (primary N) is 1. The van der Waals surface area contributed by atoms with Crippen molar-refractivity contribution in [3.8, 4) is 5.75 Å². The van der Waals surface area contributed by atoms with Gasteiger partial charge in [0.25, 0.3) is 0 Å². The van der Waals surface area contributed by atoms with Crippen molar-refractivity contribution in [2.45, 2.75) is 32.4 Å². The molecule has 114 valence electrons. The third-order valence-corrected chi connectivity index (χ3v) is 4.64. The third-order valence-electron chi connectivity index (χ3n) is 3.92. The molecular formula is C16H28N2OS. The van der Waals surface area contributed by atoms with Crippen LogP contribution in [0.2, 0.25) is 0 Å². The van der Waals surface area contributed by atoms with Gasteiger partial charge in [-0.25, -0.2) is 0 Å². The minimum atomic E-state index is 0.261. The number of hydrogen-bond donors (Lipinski definition) is 1. The van der Waals surface area contributed by atoms with Gasteiger partial charge in [0.1, 0.15) is 5.75 Å². The summed E-state index contributed by atoms with van der Waals surface area (Å²) in [6, 6.07) is 7.18. The van der Waals surface area contributed by atoms with Gasteiger partial charge in [-0.05, 0) is 43.8 Å². The van der Waals surface area contributed by atoms with E-state index in [-0.39, 0.29) is 6.04 Å². The molecule has 0 saturated carbocycles. The van der Waals surface area contributed by atoms with Gasteiger partial charge in [0, 0.05) is 24.4 Å². The maximum Gasteiger partial charge on any atom is 0.121 e. The molecule has 2 N–H and O–H groups in total. The molecule has 2 atom stereocenters. The van der Waals surface area contributed by atoms with E-state index in [1.165, 1.54) is 5.56 Å². The molecule has 3 nitrogen and oxygen atoms in total. The summed E-state index contributed by atoms with van der Waals surface area (Å²) < 4.78 is 5.33. The number of hydrogen-bond acceptors (Lipinski definition) is 4. The molecule has 0 heterocycles. The highest BCUT2D eigenvalue weighted by atomic mass is 32.2. The van der Waals surface area contributed by atoms with Crippen molar-refractivity contribution in [2.24, 2.45) is 5.73 Å². The molecule has 0 amide bonds. The quantitative estimate of drug-likeness (QED) is 0.800. The zero-order valence-electron chi connectivity index (χ0n) is 13.3. The van der Waals surface area contributed by atoms with Gasteiger partial charge in [-0.2, -0.15) is 11.8 Å². The Morgan fingerprint density at radius 2 is 2.10 bits per heavy atom. The van der Waals surface area contributed by atoms with E-state index in [2.05, 4.69) is 44.2 Å². The molecule has 0 radical (unpaired) electrons. The summed E-state index contributed by atoms with van der Waals surface area (Å²) in [5.41, 5.74) is 8.47. The van der Waals surface area contributed by atoms with Crippen molar-refractivity contribution in [3.63, 3.8) is 0 Å².